The van der Waals surface area contributed by atoms with Crippen molar-refractivity contribution < 1.29 is 14.6 Å². The fourth-order valence-corrected chi connectivity index (χ4v) is 2.17. The van der Waals surface area contributed by atoms with Crippen molar-refractivity contribution in [2.75, 3.05) is 12.4 Å². The highest BCUT2D eigenvalue weighted by atomic mass is 32.1. The number of methoxy groups -OCH3 is 1. The van der Waals surface area contributed by atoms with E-state index >= 15 is 0 Å². The van der Waals surface area contributed by atoms with Gasteiger partial charge in [0.1, 0.15) is 5.75 Å². The second-order valence-electron chi connectivity index (χ2n) is 3.64. The van der Waals surface area contributed by atoms with E-state index in [0.29, 0.717) is 16.6 Å². The van der Waals surface area contributed by atoms with Crippen LogP contribution in [0.25, 0.3) is 0 Å². The third-order valence-corrected chi connectivity index (χ3v) is 3.18. The van der Waals surface area contributed by atoms with Crippen molar-refractivity contribution in [3.05, 3.63) is 34.8 Å². The first kappa shape index (κ1) is 12.4. The maximum absolute atomic E-state index is 10.9. The van der Waals surface area contributed by atoms with Gasteiger partial charge in [0, 0.05) is 5.38 Å². The molecule has 2 rings (SSSR count). The molecule has 5 nitrogen and oxygen atoms in total. The monoisotopic (exact) mass is 264 g/mol. The van der Waals surface area contributed by atoms with Crippen LogP contribution in [0.4, 0.5) is 10.8 Å². The van der Waals surface area contributed by atoms with E-state index in [4.69, 9.17) is 9.84 Å². The Labute approximate surface area is 108 Å². The van der Waals surface area contributed by atoms with E-state index < -0.39 is 5.97 Å². The Balaban J connectivity index is 2.35. The zero-order chi connectivity index (χ0) is 13.1. The van der Waals surface area contributed by atoms with Gasteiger partial charge in [-0.15, -0.1) is 11.3 Å². The summed E-state index contributed by atoms with van der Waals surface area (Å²) >= 11 is 1.45. The van der Waals surface area contributed by atoms with Crippen LogP contribution in [0.3, 0.4) is 0 Å². The summed E-state index contributed by atoms with van der Waals surface area (Å²) in [6, 6.07) is 4.64. The summed E-state index contributed by atoms with van der Waals surface area (Å²) in [4.78, 5) is 15.2. The quantitative estimate of drug-likeness (QED) is 0.888. The number of nitrogens with one attached hydrogen (secondary N) is 1. The van der Waals surface area contributed by atoms with Crippen LogP contribution in [0.1, 0.15) is 16.1 Å². The van der Waals surface area contributed by atoms with Crippen LogP contribution in [0.15, 0.2) is 23.6 Å². The second kappa shape index (κ2) is 5.05. The van der Waals surface area contributed by atoms with Crippen LogP contribution in [0, 0.1) is 6.92 Å². The molecule has 1 aromatic heterocycles. The highest BCUT2D eigenvalue weighted by molar-refractivity contribution is 7.13. The van der Waals surface area contributed by atoms with Gasteiger partial charge in [-0.1, -0.05) is 0 Å². The molecule has 94 valence electrons. The maximum atomic E-state index is 10.9. The number of carbonyl (C=O) groups is 1. The van der Waals surface area contributed by atoms with Gasteiger partial charge in [-0.25, -0.2) is 9.78 Å². The first-order valence-electron chi connectivity index (χ1n) is 5.20. The van der Waals surface area contributed by atoms with Gasteiger partial charge >= 0.3 is 5.97 Å². The Bertz CT molecular complexity index is 580. The second-order valence-corrected chi connectivity index (χ2v) is 4.50. The summed E-state index contributed by atoms with van der Waals surface area (Å²) in [6.45, 7) is 1.90. The first-order chi connectivity index (χ1) is 8.60. The predicted octanol–water partition coefficient (Wildman–Crippen LogP) is 2.90. The Hall–Kier alpha value is -2.08. The molecule has 0 amide bonds. The zero-order valence-electron chi connectivity index (χ0n) is 9.93. The lowest BCUT2D eigenvalue weighted by Gasteiger charge is -2.09. The van der Waals surface area contributed by atoms with Gasteiger partial charge < -0.3 is 15.2 Å². The third kappa shape index (κ3) is 2.60. The Kier molecular flexibility index (Phi) is 3.47. The number of anilines is 2. The fraction of sp³-hybridized carbons (Fsp3) is 0.167. The number of carboxylic acid groups (broad SMARTS) is 1. The van der Waals surface area contributed by atoms with Gasteiger partial charge in [0.05, 0.1) is 24.1 Å². The lowest BCUT2D eigenvalue weighted by molar-refractivity contribution is 0.0697. The van der Waals surface area contributed by atoms with E-state index in [1.807, 2.05) is 12.3 Å². The number of hydrogen-bond acceptors (Lipinski definition) is 5. The molecule has 0 radical (unpaired) electrons. The molecular weight excluding hydrogens is 252 g/mol. The van der Waals surface area contributed by atoms with Crippen molar-refractivity contribution in [1.82, 2.24) is 4.98 Å². The normalized spacial score (nSPS) is 10.1. The summed E-state index contributed by atoms with van der Waals surface area (Å²) in [5, 5.41) is 14.6. The van der Waals surface area contributed by atoms with Crippen molar-refractivity contribution in [3.8, 4) is 5.75 Å². The van der Waals surface area contributed by atoms with Crippen LogP contribution in [-0.4, -0.2) is 23.2 Å². The van der Waals surface area contributed by atoms with Gasteiger partial charge in [0.25, 0.3) is 0 Å². The smallest absolute Gasteiger partial charge is 0.335 e. The summed E-state index contributed by atoms with van der Waals surface area (Å²) in [6.07, 6.45) is 0. The molecule has 2 N–H and O–H groups in total. The number of ether oxygens (including phenoxy) is 1. The standard InChI is InChI=1S/C12H12N2O3S/c1-7-6-18-12(13-7)14-9-5-8(11(15)16)3-4-10(9)17-2/h3-6H,1-2H3,(H,13,14)(H,15,16). The lowest BCUT2D eigenvalue weighted by Crippen LogP contribution is -2.00. The third-order valence-electron chi connectivity index (χ3n) is 2.31. The number of rotatable bonds is 4. The molecule has 1 aromatic carbocycles. The molecule has 1 heterocycles. The van der Waals surface area contributed by atoms with E-state index in [1.54, 1.807) is 6.07 Å². The minimum atomic E-state index is -0.976. The summed E-state index contributed by atoms with van der Waals surface area (Å²) < 4.78 is 5.18. The van der Waals surface area contributed by atoms with Gasteiger partial charge in [0.15, 0.2) is 5.13 Å². The van der Waals surface area contributed by atoms with Crippen molar-refractivity contribution in [2.45, 2.75) is 6.92 Å². The molecule has 0 fully saturated rings. The molecule has 0 unspecified atom stereocenters. The minimum absolute atomic E-state index is 0.201. The molecule has 0 saturated heterocycles. The molecule has 0 aliphatic carbocycles. The summed E-state index contributed by atoms with van der Waals surface area (Å²) in [5.74, 6) is -0.399. The molecule has 2 aromatic rings. The van der Waals surface area contributed by atoms with Crippen LogP contribution in [0.5, 0.6) is 5.75 Å². The van der Waals surface area contributed by atoms with Crippen molar-refractivity contribution in [1.29, 1.82) is 0 Å². The average molecular weight is 264 g/mol. The van der Waals surface area contributed by atoms with E-state index in [-0.39, 0.29) is 5.56 Å². The predicted molar refractivity (Wildman–Crippen MR) is 70.1 cm³/mol. The SMILES string of the molecule is COc1ccc(C(=O)O)cc1Nc1nc(C)cs1. The molecule has 0 saturated carbocycles. The van der Waals surface area contributed by atoms with Crippen LogP contribution >= 0.6 is 11.3 Å². The molecule has 0 aliphatic heterocycles. The highest BCUT2D eigenvalue weighted by Crippen LogP contribution is 2.30. The van der Waals surface area contributed by atoms with E-state index in [1.165, 1.54) is 30.6 Å². The molecule has 0 aliphatic rings. The molecule has 18 heavy (non-hydrogen) atoms. The Morgan fingerprint density at radius 3 is 2.83 bits per heavy atom. The number of benzene rings is 1. The number of thiazole rings is 1. The number of aryl methyl sites for hydroxylation is 1. The molecule has 0 bridgehead atoms. The lowest BCUT2D eigenvalue weighted by atomic mass is 10.2. The minimum Gasteiger partial charge on any atom is -0.495 e. The van der Waals surface area contributed by atoms with E-state index in [2.05, 4.69) is 10.3 Å². The number of aromatic nitrogens is 1. The Morgan fingerprint density at radius 1 is 1.50 bits per heavy atom. The Morgan fingerprint density at radius 2 is 2.28 bits per heavy atom. The summed E-state index contributed by atoms with van der Waals surface area (Å²) in [5.41, 5.74) is 1.70. The topological polar surface area (TPSA) is 71.5 Å². The van der Waals surface area contributed by atoms with Crippen molar-refractivity contribution in [2.24, 2.45) is 0 Å². The average Bonchev–Trinajstić information content (AvgIpc) is 2.74. The number of carboxylic acids is 1. The van der Waals surface area contributed by atoms with Crippen LogP contribution in [-0.2, 0) is 0 Å². The highest BCUT2D eigenvalue weighted by Gasteiger charge is 2.10. The van der Waals surface area contributed by atoms with Crippen molar-refractivity contribution in [3.63, 3.8) is 0 Å². The zero-order valence-corrected chi connectivity index (χ0v) is 10.7. The first-order valence-corrected chi connectivity index (χ1v) is 6.08. The van der Waals surface area contributed by atoms with Crippen molar-refractivity contribution >= 4 is 28.1 Å². The van der Waals surface area contributed by atoms with Crippen LogP contribution in [0.2, 0.25) is 0 Å². The summed E-state index contributed by atoms with van der Waals surface area (Å²) in [7, 11) is 1.54. The largest absolute Gasteiger partial charge is 0.495 e. The van der Waals surface area contributed by atoms with Crippen LogP contribution < -0.4 is 10.1 Å². The maximum Gasteiger partial charge on any atom is 0.335 e. The molecule has 0 spiro atoms. The number of nitrogens with zero attached hydrogens (tertiary/aromatic N) is 1. The fourth-order valence-electron chi connectivity index (χ4n) is 1.47. The van der Waals surface area contributed by atoms with Gasteiger partial charge in [-0.05, 0) is 25.1 Å². The molecular formula is C12H12N2O3S. The molecule has 6 heteroatoms. The molecule has 0 atom stereocenters. The van der Waals surface area contributed by atoms with Gasteiger partial charge in [-0.3, -0.25) is 0 Å². The van der Waals surface area contributed by atoms with Gasteiger partial charge in [-0.2, -0.15) is 0 Å². The number of hydrogen-bond donors (Lipinski definition) is 2. The van der Waals surface area contributed by atoms with E-state index in [9.17, 15) is 4.79 Å². The number of aromatic carboxylic acids is 1. The van der Waals surface area contributed by atoms with Gasteiger partial charge in [0.2, 0.25) is 0 Å². The van der Waals surface area contributed by atoms with E-state index in [0.717, 1.165) is 5.69 Å².